The minimum absolute atomic E-state index is 0.0145. The molecule has 0 saturated heterocycles. The maximum Gasteiger partial charge on any atom is 0.240 e. The standard InChI is InChI=1S/C19H20N4O2S2/c1-23(2)17(24)16(13-9-5-4-6-10-13)26-19-22-21-18(27-19)20-14-11-7-8-12-15(14)25-3/h4-12,16H,1-3H3,(H,20,21)/t16-/m1/s1. The highest BCUT2D eigenvalue weighted by molar-refractivity contribution is 8.01. The van der Waals surface area contributed by atoms with Crippen molar-refractivity contribution in [3.63, 3.8) is 0 Å². The first-order valence-corrected chi connectivity index (χ1v) is 9.94. The molecule has 27 heavy (non-hydrogen) atoms. The summed E-state index contributed by atoms with van der Waals surface area (Å²) in [6.07, 6.45) is 0. The molecule has 1 N–H and O–H groups in total. The monoisotopic (exact) mass is 400 g/mol. The van der Waals surface area contributed by atoms with Gasteiger partial charge >= 0.3 is 0 Å². The minimum Gasteiger partial charge on any atom is -0.495 e. The van der Waals surface area contributed by atoms with E-state index in [1.54, 1.807) is 26.1 Å². The molecule has 1 aromatic heterocycles. The van der Waals surface area contributed by atoms with Gasteiger partial charge in [-0.25, -0.2) is 0 Å². The molecule has 140 valence electrons. The molecule has 2 aromatic carbocycles. The van der Waals surface area contributed by atoms with Crippen molar-refractivity contribution in [2.24, 2.45) is 0 Å². The van der Waals surface area contributed by atoms with E-state index < -0.39 is 0 Å². The zero-order valence-electron chi connectivity index (χ0n) is 15.2. The van der Waals surface area contributed by atoms with Gasteiger partial charge in [-0.2, -0.15) is 0 Å². The number of amides is 1. The molecule has 8 heteroatoms. The van der Waals surface area contributed by atoms with Crippen molar-refractivity contribution in [1.82, 2.24) is 15.1 Å². The van der Waals surface area contributed by atoms with Crippen LogP contribution in [0, 0.1) is 0 Å². The summed E-state index contributed by atoms with van der Waals surface area (Å²) < 4.78 is 6.06. The van der Waals surface area contributed by atoms with Crippen molar-refractivity contribution in [2.45, 2.75) is 9.59 Å². The molecule has 3 rings (SSSR count). The van der Waals surface area contributed by atoms with E-state index >= 15 is 0 Å². The van der Waals surface area contributed by atoms with Crippen LogP contribution in [0.5, 0.6) is 5.75 Å². The van der Waals surface area contributed by atoms with E-state index in [0.29, 0.717) is 5.13 Å². The number of aromatic nitrogens is 2. The summed E-state index contributed by atoms with van der Waals surface area (Å²) in [5, 5.41) is 11.9. The molecule has 0 bridgehead atoms. The van der Waals surface area contributed by atoms with E-state index in [2.05, 4.69) is 15.5 Å². The lowest BCUT2D eigenvalue weighted by Crippen LogP contribution is -2.26. The molecule has 0 fully saturated rings. The van der Waals surface area contributed by atoms with Crippen LogP contribution in [-0.4, -0.2) is 42.2 Å². The third kappa shape index (κ3) is 4.78. The van der Waals surface area contributed by atoms with Crippen LogP contribution in [0.3, 0.4) is 0 Å². The van der Waals surface area contributed by atoms with Crippen LogP contribution in [0.25, 0.3) is 0 Å². The average Bonchev–Trinajstić information content (AvgIpc) is 3.13. The van der Waals surface area contributed by atoms with Crippen molar-refractivity contribution in [1.29, 1.82) is 0 Å². The highest BCUT2D eigenvalue weighted by Crippen LogP contribution is 2.39. The summed E-state index contributed by atoms with van der Waals surface area (Å²) in [5.74, 6) is 0.743. The van der Waals surface area contributed by atoms with Gasteiger partial charge in [0, 0.05) is 14.1 Å². The first-order chi connectivity index (χ1) is 13.1. The summed E-state index contributed by atoms with van der Waals surface area (Å²) in [6.45, 7) is 0. The highest BCUT2D eigenvalue weighted by atomic mass is 32.2. The number of para-hydroxylation sites is 2. The molecular formula is C19H20N4O2S2. The van der Waals surface area contributed by atoms with Gasteiger partial charge < -0.3 is 15.0 Å². The van der Waals surface area contributed by atoms with Crippen LogP contribution in [-0.2, 0) is 4.79 Å². The SMILES string of the molecule is COc1ccccc1Nc1nnc(S[C@@H](C(=O)N(C)C)c2ccccc2)s1. The molecular weight excluding hydrogens is 380 g/mol. The molecule has 0 unspecified atom stereocenters. The Bertz CT molecular complexity index is 899. The molecule has 0 spiro atoms. The number of ether oxygens (including phenoxy) is 1. The van der Waals surface area contributed by atoms with E-state index in [0.717, 1.165) is 21.3 Å². The van der Waals surface area contributed by atoms with E-state index in [1.165, 1.54) is 23.1 Å². The quantitative estimate of drug-likeness (QED) is 0.599. The number of rotatable bonds is 7. The van der Waals surface area contributed by atoms with Gasteiger partial charge in [-0.05, 0) is 17.7 Å². The van der Waals surface area contributed by atoms with Gasteiger partial charge in [-0.3, -0.25) is 4.79 Å². The number of anilines is 2. The summed E-state index contributed by atoms with van der Waals surface area (Å²) in [5.41, 5.74) is 1.76. The van der Waals surface area contributed by atoms with Crippen LogP contribution in [0.2, 0.25) is 0 Å². The molecule has 0 saturated carbocycles. The number of benzene rings is 2. The van der Waals surface area contributed by atoms with Gasteiger partial charge in [0.2, 0.25) is 11.0 Å². The lowest BCUT2D eigenvalue weighted by atomic mass is 10.1. The van der Waals surface area contributed by atoms with Crippen LogP contribution in [0.15, 0.2) is 58.9 Å². The fraction of sp³-hybridized carbons (Fsp3) is 0.211. The van der Waals surface area contributed by atoms with Crippen LogP contribution in [0.1, 0.15) is 10.8 Å². The maximum atomic E-state index is 12.7. The third-order valence-electron chi connectivity index (χ3n) is 3.74. The summed E-state index contributed by atoms with van der Waals surface area (Å²) in [4.78, 5) is 14.3. The number of likely N-dealkylation sites (N-methyl/N-ethyl adjacent to an activating group) is 1. The van der Waals surface area contributed by atoms with E-state index in [1.807, 2.05) is 54.6 Å². The Balaban J connectivity index is 1.79. The Morgan fingerprint density at radius 1 is 1.11 bits per heavy atom. The van der Waals surface area contributed by atoms with Gasteiger partial charge in [0.1, 0.15) is 11.0 Å². The number of hydrogen-bond donors (Lipinski definition) is 1. The number of carbonyl (C=O) groups is 1. The minimum atomic E-state index is -0.367. The molecule has 1 amide bonds. The second kappa shape index (κ2) is 8.88. The summed E-state index contributed by atoms with van der Waals surface area (Å²) >= 11 is 2.80. The van der Waals surface area contributed by atoms with Crippen molar-refractivity contribution < 1.29 is 9.53 Å². The first-order valence-electron chi connectivity index (χ1n) is 8.25. The average molecular weight is 401 g/mol. The maximum absolute atomic E-state index is 12.7. The Morgan fingerprint density at radius 3 is 2.52 bits per heavy atom. The Kier molecular flexibility index (Phi) is 6.31. The largest absolute Gasteiger partial charge is 0.495 e. The van der Waals surface area contributed by atoms with Crippen molar-refractivity contribution in [3.8, 4) is 5.75 Å². The van der Waals surface area contributed by atoms with Crippen molar-refractivity contribution >= 4 is 39.8 Å². The van der Waals surface area contributed by atoms with Gasteiger partial charge in [0.05, 0.1) is 12.8 Å². The van der Waals surface area contributed by atoms with Crippen LogP contribution >= 0.6 is 23.1 Å². The predicted molar refractivity (Wildman–Crippen MR) is 110 cm³/mol. The molecule has 1 heterocycles. The molecule has 6 nitrogen and oxygen atoms in total. The molecule has 0 aliphatic rings. The van der Waals surface area contributed by atoms with Gasteiger partial charge in [-0.1, -0.05) is 65.6 Å². The lowest BCUT2D eigenvalue weighted by Gasteiger charge is -2.19. The number of hydrogen-bond acceptors (Lipinski definition) is 7. The number of methoxy groups -OCH3 is 1. The van der Waals surface area contributed by atoms with E-state index in [-0.39, 0.29) is 11.2 Å². The van der Waals surface area contributed by atoms with Crippen LogP contribution < -0.4 is 10.1 Å². The summed E-state index contributed by atoms with van der Waals surface area (Å²) in [7, 11) is 5.14. The Hall–Kier alpha value is -2.58. The van der Waals surface area contributed by atoms with Crippen LogP contribution in [0.4, 0.5) is 10.8 Å². The fourth-order valence-electron chi connectivity index (χ4n) is 2.40. The summed E-state index contributed by atoms with van der Waals surface area (Å²) in [6, 6.07) is 17.3. The second-order valence-electron chi connectivity index (χ2n) is 5.84. The highest BCUT2D eigenvalue weighted by Gasteiger charge is 2.25. The number of thioether (sulfide) groups is 1. The number of nitrogens with zero attached hydrogens (tertiary/aromatic N) is 3. The fourth-order valence-corrected chi connectivity index (χ4v) is 4.50. The smallest absolute Gasteiger partial charge is 0.240 e. The molecule has 0 aliphatic heterocycles. The molecule has 3 aromatic rings. The zero-order valence-corrected chi connectivity index (χ0v) is 16.9. The first kappa shape index (κ1) is 19.2. The topological polar surface area (TPSA) is 67.3 Å². The molecule has 0 radical (unpaired) electrons. The predicted octanol–water partition coefficient (Wildman–Crippen LogP) is 4.21. The zero-order chi connectivity index (χ0) is 19.2. The molecule has 0 aliphatic carbocycles. The Labute approximate surface area is 166 Å². The number of carbonyl (C=O) groups excluding carboxylic acids is 1. The van der Waals surface area contributed by atoms with Crippen molar-refractivity contribution in [2.75, 3.05) is 26.5 Å². The van der Waals surface area contributed by atoms with E-state index in [4.69, 9.17) is 4.74 Å². The van der Waals surface area contributed by atoms with Gasteiger partial charge in [0.15, 0.2) is 4.34 Å². The lowest BCUT2D eigenvalue weighted by molar-refractivity contribution is -0.128. The van der Waals surface area contributed by atoms with E-state index in [9.17, 15) is 4.79 Å². The van der Waals surface area contributed by atoms with Crippen molar-refractivity contribution in [3.05, 3.63) is 60.2 Å². The second-order valence-corrected chi connectivity index (χ2v) is 8.17. The Morgan fingerprint density at radius 2 is 1.81 bits per heavy atom. The number of nitrogens with one attached hydrogen (secondary N) is 1. The van der Waals surface area contributed by atoms with Gasteiger partial charge in [-0.15, -0.1) is 10.2 Å². The van der Waals surface area contributed by atoms with Gasteiger partial charge in [0.25, 0.3) is 0 Å². The third-order valence-corrected chi connectivity index (χ3v) is 5.91. The normalized spacial score (nSPS) is 11.7. The molecule has 1 atom stereocenters.